The van der Waals surface area contributed by atoms with Crippen LogP contribution in [0.4, 0.5) is 0 Å². The van der Waals surface area contributed by atoms with Gasteiger partial charge in [0.05, 0.1) is 6.54 Å². The van der Waals surface area contributed by atoms with Crippen LogP contribution in [0.2, 0.25) is 0 Å². The van der Waals surface area contributed by atoms with E-state index in [9.17, 15) is 4.79 Å². The Kier molecular flexibility index (Phi) is 11.7. The molecule has 184 valence electrons. The molecule has 3 rings (SSSR count). The van der Waals surface area contributed by atoms with Crippen molar-refractivity contribution in [3.05, 3.63) is 65.4 Å². The number of guanidine groups is 1. The molecule has 0 saturated heterocycles. The lowest BCUT2D eigenvalue weighted by atomic mass is 10.1. The van der Waals surface area contributed by atoms with Crippen molar-refractivity contribution in [3.8, 4) is 5.75 Å². The van der Waals surface area contributed by atoms with Crippen molar-refractivity contribution in [2.24, 2.45) is 4.99 Å². The number of aromatic nitrogens is 1. The van der Waals surface area contributed by atoms with E-state index in [0.29, 0.717) is 18.8 Å². The van der Waals surface area contributed by atoms with Gasteiger partial charge >= 0.3 is 0 Å². The number of rotatable bonds is 11. The summed E-state index contributed by atoms with van der Waals surface area (Å²) < 4.78 is 5.58. The number of fused-ring (bicyclic) bond motifs is 1. The van der Waals surface area contributed by atoms with Crippen LogP contribution in [0.5, 0.6) is 5.75 Å². The van der Waals surface area contributed by atoms with Crippen molar-refractivity contribution in [1.29, 1.82) is 0 Å². The third-order valence-electron chi connectivity index (χ3n) is 5.36. The van der Waals surface area contributed by atoms with Gasteiger partial charge < -0.3 is 25.7 Å². The van der Waals surface area contributed by atoms with Crippen LogP contribution in [0.15, 0.2) is 53.7 Å². The summed E-state index contributed by atoms with van der Waals surface area (Å²) in [6.07, 6.45) is 4.04. The van der Waals surface area contributed by atoms with Crippen molar-refractivity contribution in [2.75, 3.05) is 26.2 Å². The summed E-state index contributed by atoms with van der Waals surface area (Å²) in [5.41, 5.74) is 4.91. The number of aryl methyl sites for hydroxylation is 1. The minimum Gasteiger partial charge on any atom is -0.484 e. The van der Waals surface area contributed by atoms with Crippen LogP contribution in [0.25, 0.3) is 10.9 Å². The second kappa shape index (κ2) is 14.5. The highest BCUT2D eigenvalue weighted by atomic mass is 127. The molecule has 0 spiro atoms. The van der Waals surface area contributed by atoms with Crippen LogP contribution < -0.4 is 20.7 Å². The van der Waals surface area contributed by atoms with Gasteiger partial charge in [0, 0.05) is 36.7 Å². The SMILES string of the molecule is CCNC(=O)COc1cccc(CN=C(NCC)NCCc2c[nH]c3c(CC)cccc23)c1.I. The molecular formula is C26H36IN5O2. The van der Waals surface area contributed by atoms with Crippen molar-refractivity contribution >= 4 is 46.7 Å². The summed E-state index contributed by atoms with van der Waals surface area (Å²) in [6.45, 7) is 8.81. The number of para-hydroxylation sites is 1. The number of halogens is 1. The minimum atomic E-state index is -0.124. The first-order valence-electron chi connectivity index (χ1n) is 11.7. The van der Waals surface area contributed by atoms with Crippen LogP contribution in [0, 0.1) is 0 Å². The van der Waals surface area contributed by atoms with E-state index in [1.165, 1.54) is 22.0 Å². The lowest BCUT2D eigenvalue weighted by Crippen LogP contribution is -2.38. The molecule has 0 aliphatic carbocycles. The van der Waals surface area contributed by atoms with E-state index in [2.05, 4.69) is 59.2 Å². The van der Waals surface area contributed by atoms with Gasteiger partial charge in [0.15, 0.2) is 12.6 Å². The molecule has 4 N–H and O–H groups in total. The maximum Gasteiger partial charge on any atom is 0.257 e. The van der Waals surface area contributed by atoms with E-state index < -0.39 is 0 Å². The predicted octanol–water partition coefficient (Wildman–Crippen LogP) is 4.16. The minimum absolute atomic E-state index is 0. The molecule has 0 aliphatic heterocycles. The van der Waals surface area contributed by atoms with E-state index in [0.717, 1.165) is 37.5 Å². The summed E-state index contributed by atoms with van der Waals surface area (Å²) in [7, 11) is 0. The molecule has 8 heteroatoms. The number of aliphatic imine (C=N–C) groups is 1. The Hall–Kier alpha value is -2.75. The monoisotopic (exact) mass is 577 g/mol. The first kappa shape index (κ1) is 27.5. The number of benzene rings is 2. The fourth-order valence-electron chi connectivity index (χ4n) is 3.74. The average molecular weight is 578 g/mol. The number of hydrogen-bond donors (Lipinski definition) is 4. The molecule has 0 aliphatic rings. The number of hydrogen-bond acceptors (Lipinski definition) is 3. The quantitative estimate of drug-likeness (QED) is 0.157. The highest BCUT2D eigenvalue weighted by Gasteiger charge is 2.07. The third kappa shape index (κ3) is 7.93. The molecule has 1 heterocycles. The Labute approximate surface area is 219 Å². The highest BCUT2D eigenvalue weighted by molar-refractivity contribution is 14.0. The molecule has 0 fully saturated rings. The van der Waals surface area contributed by atoms with Gasteiger partial charge in [0.2, 0.25) is 0 Å². The van der Waals surface area contributed by atoms with Gasteiger partial charge in [-0.25, -0.2) is 4.99 Å². The van der Waals surface area contributed by atoms with Crippen LogP contribution >= 0.6 is 24.0 Å². The lowest BCUT2D eigenvalue weighted by molar-refractivity contribution is -0.122. The van der Waals surface area contributed by atoms with E-state index in [1.54, 1.807) is 0 Å². The molecule has 3 aromatic rings. The van der Waals surface area contributed by atoms with Crippen molar-refractivity contribution in [3.63, 3.8) is 0 Å². The van der Waals surface area contributed by atoms with Crippen molar-refractivity contribution < 1.29 is 9.53 Å². The summed E-state index contributed by atoms with van der Waals surface area (Å²) in [5, 5.41) is 10.8. The van der Waals surface area contributed by atoms with E-state index >= 15 is 0 Å². The standard InChI is InChI=1S/C26H35N5O2.HI/c1-4-20-10-8-12-23-21(17-30-25(20)23)13-14-29-26(28-6-3)31-16-19-9-7-11-22(15-19)33-18-24(32)27-5-2;/h7-12,15,17,30H,4-6,13-14,16,18H2,1-3H3,(H,27,32)(H2,28,29,31);1H. The predicted molar refractivity (Wildman–Crippen MR) is 150 cm³/mol. The topological polar surface area (TPSA) is 90.5 Å². The third-order valence-corrected chi connectivity index (χ3v) is 5.36. The number of carbonyl (C=O) groups excluding carboxylic acids is 1. The van der Waals surface area contributed by atoms with Crippen LogP contribution in [-0.4, -0.2) is 43.1 Å². The van der Waals surface area contributed by atoms with E-state index in [4.69, 9.17) is 9.73 Å². The highest BCUT2D eigenvalue weighted by Crippen LogP contribution is 2.22. The number of nitrogens with zero attached hydrogens (tertiary/aromatic N) is 1. The molecule has 1 amide bonds. The van der Waals surface area contributed by atoms with Gasteiger partial charge in [-0.1, -0.05) is 37.3 Å². The van der Waals surface area contributed by atoms with Crippen LogP contribution in [0.3, 0.4) is 0 Å². The molecule has 0 unspecified atom stereocenters. The second-order valence-corrected chi connectivity index (χ2v) is 7.77. The van der Waals surface area contributed by atoms with Gasteiger partial charge in [0.25, 0.3) is 5.91 Å². The molecule has 7 nitrogen and oxygen atoms in total. The number of H-pyrrole nitrogens is 1. The number of aromatic amines is 1. The van der Waals surface area contributed by atoms with E-state index in [1.807, 2.05) is 31.2 Å². The number of carbonyl (C=O) groups is 1. The molecule has 0 bridgehead atoms. The maximum atomic E-state index is 11.6. The molecule has 0 radical (unpaired) electrons. The van der Waals surface area contributed by atoms with Crippen molar-refractivity contribution in [1.82, 2.24) is 20.9 Å². The van der Waals surface area contributed by atoms with Gasteiger partial charge in [-0.15, -0.1) is 24.0 Å². The van der Waals surface area contributed by atoms with Gasteiger partial charge in [-0.2, -0.15) is 0 Å². The van der Waals surface area contributed by atoms with Crippen LogP contribution in [-0.2, 0) is 24.2 Å². The molecule has 0 atom stereocenters. The Morgan fingerprint density at radius 2 is 1.79 bits per heavy atom. The summed E-state index contributed by atoms with van der Waals surface area (Å²) in [6, 6.07) is 14.2. The fourth-order valence-corrected chi connectivity index (χ4v) is 3.74. The zero-order chi connectivity index (χ0) is 23.5. The van der Waals surface area contributed by atoms with Crippen molar-refractivity contribution in [2.45, 2.75) is 40.2 Å². The Balaban J connectivity index is 0.00000408. The molecule has 34 heavy (non-hydrogen) atoms. The fraction of sp³-hybridized carbons (Fsp3) is 0.385. The lowest BCUT2D eigenvalue weighted by Gasteiger charge is -2.12. The maximum absolute atomic E-state index is 11.6. The smallest absolute Gasteiger partial charge is 0.257 e. The Morgan fingerprint density at radius 1 is 1.00 bits per heavy atom. The van der Waals surface area contributed by atoms with Gasteiger partial charge in [-0.3, -0.25) is 4.79 Å². The summed E-state index contributed by atoms with van der Waals surface area (Å²) in [4.78, 5) is 19.7. The zero-order valence-electron chi connectivity index (χ0n) is 20.2. The Morgan fingerprint density at radius 3 is 2.56 bits per heavy atom. The largest absolute Gasteiger partial charge is 0.484 e. The molecular weight excluding hydrogens is 541 g/mol. The van der Waals surface area contributed by atoms with Gasteiger partial charge in [0.1, 0.15) is 5.75 Å². The molecule has 1 aromatic heterocycles. The Bertz CT molecular complexity index is 1080. The molecule has 2 aromatic carbocycles. The summed E-state index contributed by atoms with van der Waals surface area (Å²) in [5.74, 6) is 1.32. The number of nitrogens with one attached hydrogen (secondary N) is 4. The van der Waals surface area contributed by atoms with Gasteiger partial charge in [-0.05, 0) is 55.5 Å². The normalized spacial score (nSPS) is 11.1. The molecule has 0 saturated carbocycles. The second-order valence-electron chi connectivity index (χ2n) is 7.77. The van der Waals surface area contributed by atoms with Crippen LogP contribution in [0.1, 0.15) is 37.5 Å². The van der Waals surface area contributed by atoms with E-state index in [-0.39, 0.29) is 36.5 Å². The number of ether oxygens (including phenoxy) is 1. The number of likely N-dealkylation sites (N-methyl/N-ethyl adjacent to an activating group) is 1. The summed E-state index contributed by atoms with van der Waals surface area (Å²) >= 11 is 0. The first-order chi connectivity index (χ1) is 16.1. The average Bonchev–Trinajstić information content (AvgIpc) is 3.25. The number of amides is 1. The first-order valence-corrected chi connectivity index (χ1v) is 11.7. The zero-order valence-corrected chi connectivity index (χ0v) is 22.6.